The normalized spacial score (nSPS) is 10.5. The quantitative estimate of drug-likeness (QED) is 0.809. The number of H-pyrrole nitrogens is 1. The lowest BCUT2D eigenvalue weighted by Crippen LogP contribution is -1.97. The first-order chi connectivity index (χ1) is 8.13. The van der Waals surface area contributed by atoms with Crippen molar-refractivity contribution in [1.82, 2.24) is 9.97 Å². The molecule has 0 saturated carbocycles. The minimum Gasteiger partial charge on any atom is -0.346 e. The summed E-state index contributed by atoms with van der Waals surface area (Å²) in [6.45, 7) is 6.32. The van der Waals surface area contributed by atoms with Crippen molar-refractivity contribution in [2.75, 3.05) is 0 Å². The van der Waals surface area contributed by atoms with Crippen LogP contribution in [-0.4, -0.2) is 9.97 Å². The van der Waals surface area contributed by atoms with Gasteiger partial charge in [-0.2, -0.15) is 0 Å². The second-order valence-electron chi connectivity index (χ2n) is 4.23. The van der Waals surface area contributed by atoms with E-state index in [1.165, 1.54) is 16.7 Å². The van der Waals surface area contributed by atoms with Crippen LogP contribution in [0, 0.1) is 18.5 Å². The summed E-state index contributed by atoms with van der Waals surface area (Å²) in [5, 5.41) is 0. The molecule has 0 bridgehead atoms. The lowest BCUT2D eigenvalue weighted by atomic mass is 9.99. The molecule has 17 heavy (non-hydrogen) atoms. The number of benzene rings is 1. The summed E-state index contributed by atoms with van der Waals surface area (Å²) < 4.78 is 0.696. The third-order valence-electron chi connectivity index (χ3n) is 2.97. The van der Waals surface area contributed by atoms with Crippen LogP contribution in [0.2, 0.25) is 0 Å². The molecule has 0 aliphatic rings. The van der Waals surface area contributed by atoms with Crippen LogP contribution in [-0.2, 0) is 6.42 Å². The predicted octanol–water partition coefficient (Wildman–Crippen LogP) is 3.99. The van der Waals surface area contributed by atoms with Gasteiger partial charge in [0.1, 0.15) is 4.64 Å². The molecule has 1 N–H and O–H groups in total. The number of nitrogens with one attached hydrogen (secondary N) is 1. The van der Waals surface area contributed by atoms with Gasteiger partial charge in [0.2, 0.25) is 0 Å². The monoisotopic (exact) mass is 244 g/mol. The Hall–Kier alpha value is -1.48. The highest BCUT2D eigenvalue weighted by molar-refractivity contribution is 7.71. The van der Waals surface area contributed by atoms with Crippen LogP contribution in [0.3, 0.4) is 0 Å². The van der Waals surface area contributed by atoms with E-state index < -0.39 is 0 Å². The fraction of sp³-hybridized carbons (Fsp3) is 0.286. The van der Waals surface area contributed by atoms with Crippen LogP contribution >= 0.6 is 12.2 Å². The molecule has 88 valence electrons. The first-order valence-electron chi connectivity index (χ1n) is 5.77. The van der Waals surface area contributed by atoms with Crippen molar-refractivity contribution in [3.63, 3.8) is 0 Å². The van der Waals surface area contributed by atoms with Crippen molar-refractivity contribution >= 4 is 12.2 Å². The summed E-state index contributed by atoms with van der Waals surface area (Å²) in [6.07, 6.45) is 2.57. The van der Waals surface area contributed by atoms with Gasteiger partial charge in [-0.3, -0.25) is 0 Å². The van der Waals surface area contributed by atoms with Crippen molar-refractivity contribution in [3.05, 3.63) is 45.9 Å². The molecule has 1 heterocycles. The van der Waals surface area contributed by atoms with Crippen molar-refractivity contribution in [1.29, 1.82) is 0 Å². The van der Waals surface area contributed by atoms with Crippen LogP contribution < -0.4 is 0 Å². The van der Waals surface area contributed by atoms with Crippen molar-refractivity contribution in [2.24, 2.45) is 0 Å². The van der Waals surface area contributed by atoms with Crippen LogP contribution in [0.25, 0.3) is 11.3 Å². The van der Waals surface area contributed by atoms with Gasteiger partial charge in [-0.05, 0) is 31.9 Å². The Morgan fingerprint density at radius 3 is 2.76 bits per heavy atom. The van der Waals surface area contributed by atoms with Gasteiger partial charge in [-0.1, -0.05) is 36.8 Å². The fourth-order valence-corrected chi connectivity index (χ4v) is 2.30. The largest absolute Gasteiger partial charge is 0.346 e. The average Bonchev–Trinajstić information content (AvgIpc) is 2.32. The van der Waals surface area contributed by atoms with Gasteiger partial charge in [-0.25, -0.2) is 4.98 Å². The average molecular weight is 244 g/mol. The molecule has 2 aromatic rings. The number of rotatable bonds is 2. The van der Waals surface area contributed by atoms with E-state index in [1.54, 1.807) is 6.33 Å². The molecule has 0 fully saturated rings. The maximum atomic E-state index is 5.28. The topological polar surface area (TPSA) is 28.7 Å². The first kappa shape index (κ1) is 12.0. The number of hydrogen-bond acceptors (Lipinski definition) is 2. The Labute approximate surface area is 107 Å². The second kappa shape index (κ2) is 4.80. The van der Waals surface area contributed by atoms with Gasteiger partial charge in [0.15, 0.2) is 0 Å². The summed E-state index contributed by atoms with van der Waals surface area (Å²) in [7, 11) is 0. The van der Waals surface area contributed by atoms with Gasteiger partial charge in [0, 0.05) is 11.1 Å². The smallest absolute Gasteiger partial charge is 0.133 e. The van der Waals surface area contributed by atoms with Crippen LogP contribution in [0.15, 0.2) is 24.5 Å². The van der Waals surface area contributed by atoms with Crippen LogP contribution in [0.1, 0.15) is 23.6 Å². The Kier molecular flexibility index (Phi) is 3.38. The fourth-order valence-electron chi connectivity index (χ4n) is 2.00. The molecule has 0 radical (unpaired) electrons. The highest BCUT2D eigenvalue weighted by atomic mass is 32.1. The molecule has 0 unspecified atom stereocenters. The highest BCUT2D eigenvalue weighted by Crippen LogP contribution is 2.26. The zero-order chi connectivity index (χ0) is 12.4. The molecule has 0 aliphatic heterocycles. The molecule has 0 spiro atoms. The number of nitrogens with zero attached hydrogens (tertiary/aromatic N) is 1. The Balaban J connectivity index is 2.72. The molecular weight excluding hydrogens is 228 g/mol. The van der Waals surface area contributed by atoms with Crippen molar-refractivity contribution < 1.29 is 0 Å². The summed E-state index contributed by atoms with van der Waals surface area (Å²) in [6, 6.07) is 6.46. The Morgan fingerprint density at radius 1 is 1.29 bits per heavy atom. The maximum Gasteiger partial charge on any atom is 0.133 e. The summed E-state index contributed by atoms with van der Waals surface area (Å²) in [5.74, 6) is 0. The van der Waals surface area contributed by atoms with E-state index in [1.807, 2.05) is 0 Å². The van der Waals surface area contributed by atoms with Gasteiger partial charge < -0.3 is 4.98 Å². The second-order valence-corrected chi connectivity index (χ2v) is 4.62. The number of hydrogen-bond donors (Lipinski definition) is 1. The minimum atomic E-state index is 0.696. The summed E-state index contributed by atoms with van der Waals surface area (Å²) in [4.78, 5) is 7.38. The zero-order valence-electron chi connectivity index (χ0n) is 10.4. The third-order valence-corrected chi connectivity index (χ3v) is 3.32. The van der Waals surface area contributed by atoms with Crippen LogP contribution in [0.4, 0.5) is 0 Å². The van der Waals surface area contributed by atoms with E-state index in [2.05, 4.69) is 48.9 Å². The minimum absolute atomic E-state index is 0.696. The molecule has 0 amide bonds. The van der Waals surface area contributed by atoms with E-state index in [0.29, 0.717) is 4.64 Å². The highest BCUT2D eigenvalue weighted by Gasteiger charge is 2.08. The van der Waals surface area contributed by atoms with Gasteiger partial charge >= 0.3 is 0 Å². The summed E-state index contributed by atoms with van der Waals surface area (Å²) >= 11 is 5.28. The van der Waals surface area contributed by atoms with E-state index in [0.717, 1.165) is 17.7 Å². The molecular formula is C14H16N2S. The van der Waals surface area contributed by atoms with E-state index in [4.69, 9.17) is 12.2 Å². The molecule has 2 nitrogen and oxygen atoms in total. The Bertz CT molecular complexity index is 599. The van der Waals surface area contributed by atoms with Gasteiger partial charge in [0.25, 0.3) is 0 Å². The first-order valence-corrected chi connectivity index (χ1v) is 6.18. The van der Waals surface area contributed by atoms with E-state index in [9.17, 15) is 0 Å². The van der Waals surface area contributed by atoms with Crippen LogP contribution in [0.5, 0.6) is 0 Å². The number of aromatic nitrogens is 2. The van der Waals surface area contributed by atoms with Crippen molar-refractivity contribution in [3.8, 4) is 11.3 Å². The third kappa shape index (κ3) is 2.29. The predicted molar refractivity (Wildman–Crippen MR) is 73.7 cm³/mol. The lowest BCUT2D eigenvalue weighted by molar-refractivity contribution is 1.03. The SMILES string of the molecule is CCc1c(-c2cc(C)ccc2C)[nH]cnc1=S. The molecule has 2 rings (SSSR count). The molecule has 1 aromatic heterocycles. The molecule has 0 aliphatic carbocycles. The Morgan fingerprint density at radius 2 is 2.06 bits per heavy atom. The number of aryl methyl sites for hydroxylation is 2. The van der Waals surface area contributed by atoms with Gasteiger partial charge in [-0.15, -0.1) is 0 Å². The molecule has 3 heteroatoms. The summed E-state index contributed by atoms with van der Waals surface area (Å²) in [5.41, 5.74) is 5.95. The maximum absolute atomic E-state index is 5.28. The van der Waals surface area contributed by atoms with Crippen molar-refractivity contribution in [2.45, 2.75) is 27.2 Å². The lowest BCUT2D eigenvalue weighted by Gasteiger charge is -2.11. The number of aromatic amines is 1. The standard InChI is InChI=1S/C14H16N2S/c1-4-11-13(15-8-16-14(11)17)12-7-9(2)5-6-10(12)3/h5-8H,4H2,1-3H3,(H,15,16,17). The molecule has 1 aromatic carbocycles. The molecule has 0 atom stereocenters. The van der Waals surface area contributed by atoms with E-state index >= 15 is 0 Å². The molecule has 0 saturated heterocycles. The van der Waals surface area contributed by atoms with Gasteiger partial charge in [0.05, 0.1) is 12.0 Å². The van der Waals surface area contributed by atoms with E-state index in [-0.39, 0.29) is 0 Å². The zero-order valence-corrected chi connectivity index (χ0v) is 11.2.